The number of aromatic nitrogens is 1. The minimum absolute atomic E-state index is 0.257. The van der Waals surface area contributed by atoms with Gasteiger partial charge in [0.15, 0.2) is 0 Å². The number of nitrogens with zero attached hydrogens (tertiary/aromatic N) is 2. The summed E-state index contributed by atoms with van der Waals surface area (Å²) in [6.07, 6.45) is 3.43. The summed E-state index contributed by atoms with van der Waals surface area (Å²) in [6, 6.07) is 3.15. The Bertz CT molecular complexity index is 422. The normalized spacial score (nSPS) is 12.0. The van der Waals surface area contributed by atoms with Crippen LogP contribution in [0.4, 0.5) is 0 Å². The van der Waals surface area contributed by atoms with E-state index < -0.39 is 12.0 Å². The van der Waals surface area contributed by atoms with E-state index in [-0.39, 0.29) is 5.91 Å². The van der Waals surface area contributed by atoms with Gasteiger partial charge < -0.3 is 10.1 Å². The van der Waals surface area contributed by atoms with E-state index in [1.807, 2.05) is 24.1 Å². The number of pyridine rings is 1. The molecule has 1 aromatic heterocycles. The Kier molecular flexibility index (Phi) is 5.95. The summed E-state index contributed by atoms with van der Waals surface area (Å²) in [5.41, 5.74) is 1.09. The van der Waals surface area contributed by atoms with Gasteiger partial charge in [0.1, 0.15) is 6.04 Å². The van der Waals surface area contributed by atoms with Crippen molar-refractivity contribution in [2.45, 2.75) is 19.5 Å². The lowest BCUT2D eigenvalue weighted by atomic mass is 10.2. The number of nitrogens with one attached hydrogen (secondary N) is 1. The fourth-order valence-electron chi connectivity index (χ4n) is 1.74. The molecule has 0 aliphatic rings. The van der Waals surface area contributed by atoms with Crippen LogP contribution in [0.3, 0.4) is 0 Å². The van der Waals surface area contributed by atoms with Crippen LogP contribution in [0.15, 0.2) is 24.5 Å². The zero-order chi connectivity index (χ0) is 14.3. The Morgan fingerprint density at radius 2 is 2.05 bits per heavy atom. The Morgan fingerprint density at radius 1 is 1.42 bits per heavy atom. The molecule has 1 amide bonds. The van der Waals surface area contributed by atoms with E-state index in [2.05, 4.69) is 15.0 Å². The summed E-state index contributed by atoms with van der Waals surface area (Å²) >= 11 is 0. The second-order valence-corrected chi connectivity index (χ2v) is 4.33. The van der Waals surface area contributed by atoms with E-state index in [0.717, 1.165) is 5.56 Å². The van der Waals surface area contributed by atoms with Gasteiger partial charge >= 0.3 is 5.97 Å². The number of methoxy groups -OCH3 is 1. The van der Waals surface area contributed by atoms with Gasteiger partial charge in [-0.25, -0.2) is 4.79 Å². The highest BCUT2D eigenvalue weighted by Gasteiger charge is 2.21. The Morgan fingerprint density at radius 3 is 2.58 bits per heavy atom. The first-order chi connectivity index (χ1) is 9.02. The van der Waals surface area contributed by atoms with Gasteiger partial charge in [-0.2, -0.15) is 0 Å². The number of hydrogen-bond acceptors (Lipinski definition) is 5. The zero-order valence-electron chi connectivity index (χ0n) is 11.4. The van der Waals surface area contributed by atoms with Crippen molar-refractivity contribution in [1.29, 1.82) is 0 Å². The fraction of sp³-hybridized carbons (Fsp3) is 0.462. The number of likely N-dealkylation sites (N-methyl/N-ethyl adjacent to an activating group) is 1. The highest BCUT2D eigenvalue weighted by atomic mass is 16.5. The lowest BCUT2D eigenvalue weighted by Gasteiger charge is -2.22. The van der Waals surface area contributed by atoms with E-state index in [1.54, 1.807) is 12.4 Å². The highest BCUT2D eigenvalue weighted by molar-refractivity contribution is 5.83. The standard InChI is InChI=1S/C13H19N3O3/c1-10(17)15-12(13(18)19-3)9-16(2)8-11-4-6-14-7-5-11/h4-7,12H,8-9H2,1-3H3,(H,15,17). The fourth-order valence-corrected chi connectivity index (χ4v) is 1.74. The maximum atomic E-state index is 11.6. The molecule has 0 bridgehead atoms. The van der Waals surface area contributed by atoms with Crippen molar-refractivity contribution in [2.75, 3.05) is 20.7 Å². The minimum atomic E-state index is -0.658. The molecule has 0 saturated carbocycles. The van der Waals surface area contributed by atoms with Gasteiger partial charge in [0.25, 0.3) is 0 Å². The first-order valence-corrected chi connectivity index (χ1v) is 5.95. The third kappa shape index (κ3) is 5.48. The summed E-state index contributed by atoms with van der Waals surface area (Å²) in [5, 5.41) is 2.58. The monoisotopic (exact) mass is 265 g/mol. The Labute approximate surface area is 112 Å². The van der Waals surface area contributed by atoms with Crippen molar-refractivity contribution in [3.05, 3.63) is 30.1 Å². The first kappa shape index (κ1) is 15.1. The molecule has 0 aromatic carbocycles. The second-order valence-electron chi connectivity index (χ2n) is 4.33. The largest absolute Gasteiger partial charge is 0.467 e. The van der Waals surface area contributed by atoms with Gasteiger partial charge in [-0.1, -0.05) is 0 Å². The van der Waals surface area contributed by atoms with E-state index in [4.69, 9.17) is 0 Å². The number of hydrogen-bond donors (Lipinski definition) is 1. The van der Waals surface area contributed by atoms with Crippen molar-refractivity contribution >= 4 is 11.9 Å². The van der Waals surface area contributed by atoms with Crippen molar-refractivity contribution in [3.63, 3.8) is 0 Å². The number of esters is 1. The van der Waals surface area contributed by atoms with Crippen LogP contribution in [0.25, 0.3) is 0 Å². The van der Waals surface area contributed by atoms with Gasteiger partial charge in [-0.15, -0.1) is 0 Å². The smallest absolute Gasteiger partial charge is 0.329 e. The quantitative estimate of drug-likeness (QED) is 0.743. The van der Waals surface area contributed by atoms with Crippen LogP contribution in [0, 0.1) is 0 Å². The molecule has 1 aromatic rings. The number of amides is 1. The van der Waals surface area contributed by atoms with Crippen LogP contribution in [0.1, 0.15) is 12.5 Å². The molecule has 6 heteroatoms. The molecule has 1 N–H and O–H groups in total. The van der Waals surface area contributed by atoms with Gasteiger partial charge in [0.2, 0.25) is 5.91 Å². The molecule has 0 spiro atoms. The predicted octanol–water partition coefficient (Wildman–Crippen LogP) is 0.191. The summed E-state index contributed by atoms with van der Waals surface area (Å²) in [7, 11) is 3.18. The average Bonchev–Trinajstić information content (AvgIpc) is 2.37. The van der Waals surface area contributed by atoms with E-state index in [9.17, 15) is 9.59 Å². The molecule has 0 saturated heterocycles. The third-order valence-corrected chi connectivity index (χ3v) is 2.56. The molecule has 6 nitrogen and oxygen atoms in total. The molecule has 104 valence electrons. The molecule has 0 fully saturated rings. The molecule has 1 heterocycles. The molecule has 1 unspecified atom stereocenters. The average molecular weight is 265 g/mol. The van der Waals surface area contributed by atoms with Crippen LogP contribution < -0.4 is 5.32 Å². The molecule has 19 heavy (non-hydrogen) atoms. The van der Waals surface area contributed by atoms with E-state index in [1.165, 1.54) is 14.0 Å². The Hall–Kier alpha value is -1.95. The molecule has 1 rings (SSSR count). The van der Waals surface area contributed by atoms with Gasteiger partial charge in [0.05, 0.1) is 7.11 Å². The molecule has 0 aliphatic heterocycles. The van der Waals surface area contributed by atoms with Crippen molar-refractivity contribution < 1.29 is 14.3 Å². The third-order valence-electron chi connectivity index (χ3n) is 2.56. The summed E-state index contributed by atoms with van der Waals surface area (Å²) in [6.45, 7) is 2.42. The van der Waals surface area contributed by atoms with Crippen molar-refractivity contribution in [3.8, 4) is 0 Å². The van der Waals surface area contributed by atoms with E-state index >= 15 is 0 Å². The molecule has 0 aliphatic carbocycles. The van der Waals surface area contributed by atoms with Crippen LogP contribution in [-0.4, -0.2) is 48.5 Å². The van der Waals surface area contributed by atoms with Crippen LogP contribution in [0.5, 0.6) is 0 Å². The minimum Gasteiger partial charge on any atom is -0.467 e. The number of carbonyl (C=O) groups is 2. The van der Waals surface area contributed by atoms with Crippen molar-refractivity contribution in [1.82, 2.24) is 15.2 Å². The molecule has 0 radical (unpaired) electrons. The Balaban J connectivity index is 2.58. The lowest BCUT2D eigenvalue weighted by molar-refractivity contribution is -0.145. The molecular formula is C13H19N3O3. The summed E-state index contributed by atoms with van der Waals surface area (Å²) in [5.74, 6) is -0.704. The van der Waals surface area contributed by atoms with Gasteiger partial charge in [-0.3, -0.25) is 14.7 Å². The van der Waals surface area contributed by atoms with Crippen LogP contribution >= 0.6 is 0 Å². The SMILES string of the molecule is COC(=O)C(CN(C)Cc1ccncc1)NC(C)=O. The van der Waals surface area contributed by atoms with Gasteiger partial charge in [0, 0.05) is 32.4 Å². The molecular weight excluding hydrogens is 246 g/mol. The topological polar surface area (TPSA) is 71.5 Å². The number of carbonyl (C=O) groups excluding carboxylic acids is 2. The van der Waals surface area contributed by atoms with Crippen LogP contribution in [-0.2, 0) is 20.9 Å². The number of rotatable bonds is 6. The van der Waals surface area contributed by atoms with Crippen molar-refractivity contribution in [2.24, 2.45) is 0 Å². The zero-order valence-corrected chi connectivity index (χ0v) is 11.4. The summed E-state index contributed by atoms with van der Waals surface area (Å²) < 4.78 is 4.67. The summed E-state index contributed by atoms with van der Waals surface area (Å²) in [4.78, 5) is 28.5. The van der Waals surface area contributed by atoms with E-state index in [0.29, 0.717) is 13.1 Å². The molecule has 1 atom stereocenters. The second kappa shape index (κ2) is 7.48. The number of ether oxygens (including phenoxy) is 1. The maximum Gasteiger partial charge on any atom is 0.329 e. The lowest BCUT2D eigenvalue weighted by Crippen LogP contribution is -2.47. The highest BCUT2D eigenvalue weighted by Crippen LogP contribution is 2.02. The van der Waals surface area contributed by atoms with Crippen LogP contribution in [0.2, 0.25) is 0 Å². The first-order valence-electron chi connectivity index (χ1n) is 5.95. The van der Waals surface area contributed by atoms with Gasteiger partial charge in [-0.05, 0) is 24.7 Å². The predicted molar refractivity (Wildman–Crippen MR) is 70.2 cm³/mol. The maximum absolute atomic E-state index is 11.6.